The van der Waals surface area contributed by atoms with E-state index in [0.29, 0.717) is 10.9 Å². The Labute approximate surface area is 97.8 Å². The van der Waals surface area contributed by atoms with Crippen molar-refractivity contribution < 1.29 is 5.11 Å². The van der Waals surface area contributed by atoms with E-state index in [-0.39, 0.29) is 22.2 Å². The summed E-state index contributed by atoms with van der Waals surface area (Å²) in [6, 6.07) is 6.66. The predicted molar refractivity (Wildman–Crippen MR) is 59.3 cm³/mol. The Morgan fingerprint density at radius 3 is 2.29 bits per heavy atom. The zero-order chi connectivity index (χ0) is 13.0. The van der Waals surface area contributed by atoms with E-state index in [9.17, 15) is 5.11 Å². The van der Waals surface area contributed by atoms with Crippen LogP contribution in [0, 0.1) is 40.9 Å². The third-order valence-corrected chi connectivity index (χ3v) is 2.18. The molecule has 0 amide bonds. The Morgan fingerprint density at radius 2 is 1.88 bits per heavy atom. The summed E-state index contributed by atoms with van der Waals surface area (Å²) in [7, 11) is 0. The van der Waals surface area contributed by atoms with E-state index < -0.39 is 0 Å². The zero-order valence-electron chi connectivity index (χ0n) is 9.31. The molecule has 0 atom stereocenters. The second-order valence-corrected chi connectivity index (χ2v) is 3.31. The van der Waals surface area contributed by atoms with Crippen molar-refractivity contribution in [1.82, 2.24) is 4.98 Å². The van der Waals surface area contributed by atoms with Gasteiger partial charge in [-0.1, -0.05) is 0 Å². The van der Waals surface area contributed by atoms with E-state index >= 15 is 0 Å². The molecular weight excluding hydrogens is 216 g/mol. The molecule has 1 N–H and O–H groups in total. The Kier molecular flexibility index (Phi) is 3.44. The Hall–Kier alpha value is -2.84. The van der Waals surface area contributed by atoms with Crippen LogP contribution in [-0.4, -0.2) is 10.1 Å². The number of nitriles is 3. The summed E-state index contributed by atoms with van der Waals surface area (Å²) >= 11 is 0. The highest BCUT2D eigenvalue weighted by Gasteiger charge is 2.06. The number of rotatable bonds is 0. The quantitative estimate of drug-likeness (QED) is 0.675. The van der Waals surface area contributed by atoms with Crippen molar-refractivity contribution in [3.05, 3.63) is 27.9 Å². The number of hydrogen-bond acceptors (Lipinski definition) is 5. The van der Waals surface area contributed by atoms with Gasteiger partial charge in [0.1, 0.15) is 23.6 Å². The van der Waals surface area contributed by atoms with Gasteiger partial charge in [-0.25, -0.2) is 4.98 Å². The highest BCUT2D eigenvalue weighted by molar-refractivity contribution is 5.72. The van der Waals surface area contributed by atoms with Gasteiger partial charge in [0.15, 0.2) is 5.57 Å². The normalized spacial score (nSPS) is 10.8. The fraction of sp³-hybridized carbons (Fsp3) is 0.167. The molecule has 0 saturated carbocycles. The summed E-state index contributed by atoms with van der Waals surface area (Å²) in [4.78, 5) is 4.02. The SMILES string of the molecule is C/C(O)=c1\cc(C#N)c(=C(C#N)C#N)nc1C. The first-order valence-electron chi connectivity index (χ1n) is 4.67. The first kappa shape index (κ1) is 12.2. The lowest BCUT2D eigenvalue weighted by Gasteiger charge is -1.99. The summed E-state index contributed by atoms with van der Waals surface area (Å²) < 4.78 is 0. The molecule has 1 aromatic rings. The Bertz CT molecular complexity index is 691. The van der Waals surface area contributed by atoms with E-state index in [4.69, 9.17) is 15.8 Å². The van der Waals surface area contributed by atoms with Crippen molar-refractivity contribution >= 4 is 11.3 Å². The number of aliphatic hydroxyl groups is 1. The number of pyridine rings is 1. The Balaban J connectivity index is 3.99. The van der Waals surface area contributed by atoms with E-state index in [1.807, 2.05) is 6.07 Å². The van der Waals surface area contributed by atoms with E-state index in [2.05, 4.69) is 4.98 Å². The predicted octanol–water partition coefficient (Wildman–Crippen LogP) is 0.146. The molecular formula is C12H8N4O. The van der Waals surface area contributed by atoms with Crippen molar-refractivity contribution in [2.45, 2.75) is 13.8 Å². The van der Waals surface area contributed by atoms with Crippen LogP contribution in [0.25, 0.3) is 11.3 Å². The molecule has 5 nitrogen and oxygen atoms in total. The van der Waals surface area contributed by atoms with Crippen molar-refractivity contribution in [1.29, 1.82) is 15.8 Å². The minimum Gasteiger partial charge on any atom is -0.512 e. The molecule has 0 unspecified atom stereocenters. The molecule has 0 bridgehead atoms. The molecule has 1 aromatic heterocycles. The average Bonchev–Trinajstić information content (AvgIpc) is 2.30. The van der Waals surface area contributed by atoms with Gasteiger partial charge in [0.2, 0.25) is 0 Å². The third kappa shape index (κ3) is 2.22. The summed E-state index contributed by atoms with van der Waals surface area (Å²) in [6.07, 6.45) is 0. The van der Waals surface area contributed by atoms with Crippen LogP contribution >= 0.6 is 0 Å². The van der Waals surface area contributed by atoms with Crippen molar-refractivity contribution in [3.63, 3.8) is 0 Å². The smallest absolute Gasteiger partial charge is 0.156 e. The van der Waals surface area contributed by atoms with Crippen LogP contribution in [0.1, 0.15) is 18.2 Å². The molecule has 0 aliphatic rings. The summed E-state index contributed by atoms with van der Waals surface area (Å²) in [5.74, 6) is 0.0357. The number of aryl methyl sites for hydroxylation is 1. The zero-order valence-corrected chi connectivity index (χ0v) is 9.31. The lowest BCUT2D eigenvalue weighted by molar-refractivity contribution is 0.498. The maximum atomic E-state index is 9.40. The van der Waals surface area contributed by atoms with Crippen molar-refractivity contribution in [2.24, 2.45) is 0 Å². The van der Waals surface area contributed by atoms with E-state index in [0.717, 1.165) is 0 Å². The number of nitrogens with zero attached hydrogens (tertiary/aromatic N) is 4. The minimum atomic E-state index is -0.216. The second-order valence-electron chi connectivity index (χ2n) is 3.31. The largest absolute Gasteiger partial charge is 0.512 e. The van der Waals surface area contributed by atoms with Crippen LogP contribution in [-0.2, 0) is 0 Å². The third-order valence-electron chi connectivity index (χ3n) is 2.18. The molecule has 5 heteroatoms. The van der Waals surface area contributed by atoms with Crippen LogP contribution in [0.3, 0.4) is 0 Å². The van der Waals surface area contributed by atoms with Crippen LogP contribution in [0.4, 0.5) is 0 Å². The Morgan fingerprint density at radius 1 is 1.29 bits per heavy atom. The molecule has 0 aliphatic carbocycles. The minimum absolute atomic E-state index is 0.0357. The summed E-state index contributed by atoms with van der Waals surface area (Å²) in [5, 5.41) is 36.3. The van der Waals surface area contributed by atoms with Gasteiger partial charge in [0, 0.05) is 10.9 Å². The summed E-state index contributed by atoms with van der Waals surface area (Å²) in [5.41, 5.74) is 0.339. The molecule has 0 radical (unpaired) electrons. The molecule has 1 rings (SSSR count). The highest BCUT2D eigenvalue weighted by atomic mass is 16.3. The lowest BCUT2D eigenvalue weighted by Crippen LogP contribution is -2.24. The van der Waals surface area contributed by atoms with Gasteiger partial charge in [0.25, 0.3) is 0 Å². The van der Waals surface area contributed by atoms with Gasteiger partial charge in [0.05, 0.1) is 11.3 Å². The van der Waals surface area contributed by atoms with Crippen molar-refractivity contribution in [3.8, 4) is 18.2 Å². The first-order valence-corrected chi connectivity index (χ1v) is 4.67. The molecule has 1 heterocycles. The molecule has 0 fully saturated rings. The number of aliphatic hydroxyl groups excluding tert-OH is 1. The van der Waals surface area contributed by atoms with Crippen molar-refractivity contribution in [2.75, 3.05) is 0 Å². The molecule has 82 valence electrons. The fourth-order valence-corrected chi connectivity index (χ4v) is 1.38. The maximum Gasteiger partial charge on any atom is 0.156 e. The van der Waals surface area contributed by atoms with Gasteiger partial charge in [-0.2, -0.15) is 15.8 Å². The van der Waals surface area contributed by atoms with Gasteiger partial charge < -0.3 is 5.11 Å². The van der Waals surface area contributed by atoms with E-state index in [1.54, 1.807) is 19.1 Å². The molecule has 0 aliphatic heterocycles. The first-order chi connectivity index (χ1) is 8.04. The van der Waals surface area contributed by atoms with Crippen LogP contribution in [0.2, 0.25) is 0 Å². The van der Waals surface area contributed by atoms with Gasteiger partial charge in [-0.15, -0.1) is 0 Å². The lowest BCUT2D eigenvalue weighted by atomic mass is 10.1. The standard InChI is InChI=1S/C12H8N4O/c1-7-11(8(2)17)3-9(4-13)12(16-7)10(5-14)6-15/h3,17H,1-2H3/b11-8-. The maximum absolute atomic E-state index is 9.40. The van der Waals surface area contributed by atoms with Gasteiger partial charge in [-0.3, -0.25) is 0 Å². The molecule has 0 saturated heterocycles. The fourth-order valence-electron chi connectivity index (χ4n) is 1.38. The van der Waals surface area contributed by atoms with Gasteiger partial charge >= 0.3 is 0 Å². The average molecular weight is 224 g/mol. The van der Waals surface area contributed by atoms with Crippen LogP contribution in [0.5, 0.6) is 0 Å². The summed E-state index contributed by atoms with van der Waals surface area (Å²) in [6.45, 7) is 3.11. The molecule has 17 heavy (non-hydrogen) atoms. The molecule has 0 spiro atoms. The van der Waals surface area contributed by atoms with Gasteiger partial charge in [-0.05, 0) is 19.9 Å². The topological polar surface area (TPSA) is 104 Å². The highest BCUT2D eigenvalue weighted by Crippen LogP contribution is 1.93. The van der Waals surface area contributed by atoms with E-state index in [1.165, 1.54) is 13.0 Å². The molecule has 0 aromatic carbocycles. The number of hydrogen-bond donors (Lipinski definition) is 1. The second kappa shape index (κ2) is 4.79. The monoisotopic (exact) mass is 224 g/mol. The van der Waals surface area contributed by atoms with Crippen LogP contribution < -0.4 is 10.6 Å². The van der Waals surface area contributed by atoms with Crippen LogP contribution in [0.15, 0.2) is 6.07 Å². The number of aromatic nitrogens is 1.